The largest absolute Gasteiger partial charge is 0.385 e. The number of amides is 2. The van der Waals surface area contributed by atoms with Crippen LogP contribution in [0.4, 0.5) is 21.0 Å². The van der Waals surface area contributed by atoms with Crippen molar-refractivity contribution in [2.45, 2.75) is 44.1 Å². The van der Waals surface area contributed by atoms with Crippen LogP contribution < -0.4 is 15.5 Å². The smallest absolute Gasteiger partial charge is 0.320 e. The van der Waals surface area contributed by atoms with Gasteiger partial charge in [0.1, 0.15) is 17.6 Å². The molecule has 2 fully saturated rings. The van der Waals surface area contributed by atoms with E-state index in [0.29, 0.717) is 42.5 Å². The summed E-state index contributed by atoms with van der Waals surface area (Å²) >= 11 is 0. The Kier molecular flexibility index (Phi) is 8.77. The third-order valence-corrected chi connectivity index (χ3v) is 7.99. The summed E-state index contributed by atoms with van der Waals surface area (Å²) in [6, 6.07) is 11.7. The van der Waals surface area contributed by atoms with Gasteiger partial charge < -0.3 is 24.4 Å². The fraction of sp³-hybridized carbons (Fsp3) is 0.387. The summed E-state index contributed by atoms with van der Waals surface area (Å²) in [6.45, 7) is 3.90. The maximum Gasteiger partial charge on any atom is 0.320 e. The average Bonchev–Trinajstić information content (AvgIpc) is 3.56. The van der Waals surface area contributed by atoms with Crippen LogP contribution in [0.2, 0.25) is 0 Å². The maximum atomic E-state index is 14.0. The first-order valence-electron chi connectivity index (χ1n) is 14.5. The monoisotopic (exact) mass is 602 g/mol. The number of rotatable bonds is 10. The van der Waals surface area contributed by atoms with E-state index in [-0.39, 0.29) is 12.2 Å². The topological polar surface area (TPSA) is 129 Å². The van der Waals surface area contributed by atoms with Crippen molar-refractivity contribution in [3.05, 3.63) is 78.1 Å². The molecule has 3 aromatic heterocycles. The number of urea groups is 1. The molecule has 2 N–H and O–H groups in total. The van der Waals surface area contributed by atoms with Crippen LogP contribution >= 0.6 is 0 Å². The van der Waals surface area contributed by atoms with Gasteiger partial charge in [-0.1, -0.05) is 18.2 Å². The number of nitrogens with one attached hydrogen (secondary N) is 2. The van der Waals surface area contributed by atoms with Crippen molar-refractivity contribution in [3.8, 4) is 16.9 Å². The molecule has 13 heteroatoms. The van der Waals surface area contributed by atoms with Crippen LogP contribution in [-0.4, -0.2) is 82.9 Å². The van der Waals surface area contributed by atoms with Crippen LogP contribution in [0.25, 0.3) is 16.9 Å². The van der Waals surface area contributed by atoms with Crippen LogP contribution in [0.15, 0.2) is 61.1 Å². The van der Waals surface area contributed by atoms with E-state index >= 15 is 0 Å². The first-order valence-corrected chi connectivity index (χ1v) is 14.5. The molecule has 0 spiro atoms. The van der Waals surface area contributed by atoms with Gasteiger partial charge in [0.2, 0.25) is 11.9 Å². The molecule has 2 amide bonds. The summed E-state index contributed by atoms with van der Waals surface area (Å²) in [5, 5.41) is 10.9. The lowest BCUT2D eigenvalue weighted by atomic mass is 10.0. The fourth-order valence-corrected chi connectivity index (χ4v) is 5.58. The number of anilines is 2. The zero-order chi connectivity index (χ0) is 30.6. The van der Waals surface area contributed by atoms with Gasteiger partial charge in [0.25, 0.3) is 0 Å². The van der Waals surface area contributed by atoms with Crippen molar-refractivity contribution in [3.63, 3.8) is 0 Å². The molecule has 12 nitrogen and oxygen atoms in total. The van der Waals surface area contributed by atoms with E-state index in [0.717, 1.165) is 29.9 Å². The van der Waals surface area contributed by atoms with Crippen LogP contribution in [-0.2, 0) is 14.2 Å². The highest BCUT2D eigenvalue weighted by Crippen LogP contribution is 2.35. The van der Waals surface area contributed by atoms with E-state index in [1.165, 1.54) is 12.3 Å². The van der Waals surface area contributed by atoms with Gasteiger partial charge in [-0.2, -0.15) is 9.49 Å². The highest BCUT2D eigenvalue weighted by Gasteiger charge is 2.37. The molecule has 230 valence electrons. The fourth-order valence-electron chi connectivity index (χ4n) is 5.58. The minimum absolute atomic E-state index is 0.163. The summed E-state index contributed by atoms with van der Waals surface area (Å²) in [7, 11) is 3.33. The van der Waals surface area contributed by atoms with Crippen molar-refractivity contribution >= 4 is 17.8 Å². The van der Waals surface area contributed by atoms with E-state index in [1.54, 1.807) is 37.4 Å². The molecule has 4 aromatic rings. The minimum atomic E-state index is -0.606. The molecule has 3 atom stereocenters. The quantitative estimate of drug-likeness (QED) is 0.258. The lowest BCUT2D eigenvalue weighted by Gasteiger charge is -2.37. The predicted octanol–water partition coefficient (Wildman–Crippen LogP) is 4.06. The number of hydrogen-bond acceptors (Lipinski definition) is 9. The van der Waals surface area contributed by atoms with Crippen molar-refractivity contribution in [2.24, 2.45) is 0 Å². The Balaban J connectivity index is 1.24. The van der Waals surface area contributed by atoms with Crippen LogP contribution in [0, 0.1) is 12.9 Å². The third kappa shape index (κ3) is 6.25. The Hall–Kier alpha value is -4.46. The van der Waals surface area contributed by atoms with E-state index in [4.69, 9.17) is 19.3 Å². The van der Waals surface area contributed by atoms with Crippen molar-refractivity contribution in [2.75, 3.05) is 44.1 Å². The molecule has 1 aromatic carbocycles. The van der Waals surface area contributed by atoms with Crippen LogP contribution in [0.3, 0.4) is 0 Å². The Morgan fingerprint density at radius 1 is 1.11 bits per heavy atom. The normalized spacial score (nSPS) is 20.0. The van der Waals surface area contributed by atoms with Crippen molar-refractivity contribution < 1.29 is 23.4 Å². The third-order valence-electron chi connectivity index (χ3n) is 7.99. The summed E-state index contributed by atoms with van der Waals surface area (Å²) in [5.41, 5.74) is 3.49. The Bertz CT molecular complexity index is 1580. The number of hydrogen-bond donors (Lipinski definition) is 2. The molecule has 0 unspecified atom stereocenters. The first kappa shape index (κ1) is 29.6. The number of carbonyl (C=O) groups is 1. The summed E-state index contributed by atoms with van der Waals surface area (Å²) in [4.78, 5) is 28.4. The van der Waals surface area contributed by atoms with Crippen molar-refractivity contribution in [1.29, 1.82) is 0 Å². The Morgan fingerprint density at radius 2 is 1.89 bits per heavy atom. The minimum Gasteiger partial charge on any atom is -0.385 e. The summed E-state index contributed by atoms with van der Waals surface area (Å²) in [6.07, 6.45) is 5.55. The second-order valence-corrected chi connectivity index (χ2v) is 10.9. The van der Waals surface area contributed by atoms with Gasteiger partial charge in [-0.3, -0.25) is 5.32 Å². The second-order valence-electron chi connectivity index (χ2n) is 10.9. The van der Waals surface area contributed by atoms with Gasteiger partial charge in [0.15, 0.2) is 0 Å². The number of benzene rings is 1. The molecule has 5 heterocycles. The predicted molar refractivity (Wildman–Crippen MR) is 161 cm³/mol. The van der Waals surface area contributed by atoms with Crippen LogP contribution in [0.1, 0.15) is 30.1 Å². The van der Waals surface area contributed by atoms with E-state index in [2.05, 4.69) is 25.6 Å². The van der Waals surface area contributed by atoms with Gasteiger partial charge in [-0.25, -0.2) is 24.4 Å². The number of para-hydroxylation sites is 1. The highest BCUT2D eigenvalue weighted by molar-refractivity contribution is 5.91. The molecule has 0 aliphatic carbocycles. The van der Waals surface area contributed by atoms with Gasteiger partial charge in [0.05, 0.1) is 23.9 Å². The molecule has 2 aliphatic heterocycles. The summed E-state index contributed by atoms with van der Waals surface area (Å²) in [5.74, 6) is 0.525. The zero-order valence-electron chi connectivity index (χ0n) is 24.8. The van der Waals surface area contributed by atoms with E-state index in [9.17, 15) is 9.18 Å². The number of halogens is 1. The number of ether oxygens (including phenoxy) is 3. The molecule has 2 aliphatic rings. The number of nitrogens with zero attached hydrogens (tertiary/aromatic N) is 6. The maximum absolute atomic E-state index is 14.0. The van der Waals surface area contributed by atoms with Crippen LogP contribution in [0.5, 0.6) is 0 Å². The molecule has 0 radical (unpaired) electrons. The highest BCUT2D eigenvalue weighted by atomic mass is 19.1. The Labute approximate surface area is 254 Å². The standard InChI is InChI=1S/C31H35FN8O4/c1-19-27(21-15-34-30(35-16-21)39-17-24(18-39)43-3)38-40(22-7-5-4-6-8-22)29(19)37-31(41)36-25-14-23(10-12-42-2)44-28(25)20-9-11-33-26(32)13-20/h4-9,11,13,15-16,23-25,28H,10,12,14,17-18H2,1-3H3,(H2,36,37,41)/t23-,25-,28+/m1/s1. The lowest BCUT2D eigenvalue weighted by Crippen LogP contribution is -2.52. The molecule has 0 bridgehead atoms. The van der Waals surface area contributed by atoms with Crippen molar-refractivity contribution in [1.82, 2.24) is 30.0 Å². The average molecular weight is 603 g/mol. The number of aromatic nitrogens is 5. The zero-order valence-corrected chi connectivity index (χ0v) is 24.8. The van der Waals surface area contributed by atoms with Gasteiger partial charge in [0, 0.05) is 63.6 Å². The molecular weight excluding hydrogens is 567 g/mol. The SMILES string of the molecule is COCC[C@@H]1C[C@@H](NC(=O)Nc2c(C)c(-c3cnc(N4CC(OC)C4)nc3)nn2-c2ccccc2)[C@H](c2ccnc(F)c2)O1. The first-order chi connectivity index (χ1) is 21.4. The number of pyridine rings is 1. The lowest BCUT2D eigenvalue weighted by molar-refractivity contribution is 0.0210. The molecule has 0 saturated carbocycles. The molecular formula is C31H35FN8O4. The molecule has 2 saturated heterocycles. The summed E-state index contributed by atoms with van der Waals surface area (Å²) < 4.78 is 32.5. The van der Waals surface area contributed by atoms with E-state index in [1.807, 2.05) is 42.2 Å². The number of carbonyl (C=O) groups excluding carboxylic acids is 1. The van der Waals surface area contributed by atoms with E-state index < -0.39 is 24.1 Å². The van der Waals surface area contributed by atoms with Gasteiger partial charge >= 0.3 is 6.03 Å². The molecule has 44 heavy (non-hydrogen) atoms. The number of methoxy groups -OCH3 is 2. The van der Waals surface area contributed by atoms with Gasteiger partial charge in [-0.05, 0) is 49.6 Å². The van der Waals surface area contributed by atoms with Gasteiger partial charge in [-0.15, -0.1) is 0 Å². The molecule has 6 rings (SSSR count). The Morgan fingerprint density at radius 3 is 2.59 bits per heavy atom. The second kappa shape index (κ2) is 13.0.